The highest BCUT2D eigenvalue weighted by Gasteiger charge is 2.50. The fraction of sp³-hybridized carbons (Fsp3) is 0.947. The molecule has 23 heavy (non-hydrogen) atoms. The number of hydrogen-bond donors (Lipinski definition) is 0. The Morgan fingerprint density at radius 3 is 2.04 bits per heavy atom. The summed E-state index contributed by atoms with van der Waals surface area (Å²) in [7, 11) is 0. The topological polar surface area (TPSA) is 35.5 Å². The van der Waals surface area contributed by atoms with Crippen LogP contribution in [0.15, 0.2) is 0 Å². The van der Waals surface area contributed by atoms with Gasteiger partial charge in [0.15, 0.2) is 0 Å². The van der Waals surface area contributed by atoms with Crippen LogP contribution in [0.3, 0.4) is 0 Å². The van der Waals surface area contributed by atoms with Crippen molar-refractivity contribution in [1.82, 2.24) is 0 Å². The normalized spacial score (nSPS) is 37.2. The Kier molecular flexibility index (Phi) is 5.32. The maximum Gasteiger partial charge on any atom is 0.314 e. The van der Waals surface area contributed by atoms with Gasteiger partial charge in [0, 0.05) is 10.3 Å². The first-order valence-electron chi connectivity index (χ1n) is 9.22. The first-order valence-corrected chi connectivity index (χ1v) is 10.7. The van der Waals surface area contributed by atoms with Gasteiger partial charge in [-0.3, -0.25) is 4.79 Å². The van der Waals surface area contributed by atoms with Gasteiger partial charge in [-0.05, 0) is 69.6 Å². The Labute approximate surface area is 154 Å². The SMILES string of the molecule is CC(C)C(OC(=O)C(C)(C)CI)OC1C2CC3CC(C2)CC1C3. The molecule has 4 saturated carbocycles. The lowest BCUT2D eigenvalue weighted by atomic mass is 9.55. The van der Waals surface area contributed by atoms with Crippen LogP contribution in [-0.2, 0) is 14.3 Å². The summed E-state index contributed by atoms with van der Waals surface area (Å²) in [5, 5.41) is 0. The lowest BCUT2D eigenvalue weighted by Crippen LogP contribution is -2.51. The van der Waals surface area contributed by atoms with Crippen LogP contribution in [0.25, 0.3) is 0 Å². The van der Waals surface area contributed by atoms with Gasteiger partial charge in [0.1, 0.15) is 0 Å². The zero-order valence-electron chi connectivity index (χ0n) is 14.9. The van der Waals surface area contributed by atoms with E-state index < -0.39 is 11.7 Å². The number of esters is 1. The van der Waals surface area contributed by atoms with Crippen molar-refractivity contribution in [2.45, 2.75) is 72.2 Å². The zero-order chi connectivity index (χ0) is 16.8. The molecular formula is C19H31IO3. The van der Waals surface area contributed by atoms with E-state index in [-0.39, 0.29) is 11.9 Å². The smallest absolute Gasteiger partial charge is 0.314 e. The quantitative estimate of drug-likeness (QED) is 0.260. The van der Waals surface area contributed by atoms with Gasteiger partial charge in [0.05, 0.1) is 11.5 Å². The first-order chi connectivity index (χ1) is 10.8. The Balaban J connectivity index is 1.65. The van der Waals surface area contributed by atoms with Crippen molar-refractivity contribution in [1.29, 1.82) is 0 Å². The van der Waals surface area contributed by atoms with E-state index in [1.54, 1.807) is 0 Å². The predicted molar refractivity (Wildman–Crippen MR) is 99.3 cm³/mol. The van der Waals surface area contributed by atoms with Crippen LogP contribution in [0, 0.1) is 35.0 Å². The molecule has 0 heterocycles. The summed E-state index contributed by atoms with van der Waals surface area (Å²) < 4.78 is 13.0. The molecule has 0 aromatic carbocycles. The van der Waals surface area contributed by atoms with Crippen molar-refractivity contribution in [3.63, 3.8) is 0 Å². The number of carbonyl (C=O) groups excluding carboxylic acids is 1. The maximum absolute atomic E-state index is 12.5. The highest BCUT2D eigenvalue weighted by Crippen LogP contribution is 2.55. The molecule has 132 valence electrons. The summed E-state index contributed by atoms with van der Waals surface area (Å²) in [5.74, 6) is 3.34. The van der Waals surface area contributed by atoms with E-state index >= 15 is 0 Å². The van der Waals surface area contributed by atoms with Gasteiger partial charge >= 0.3 is 5.97 Å². The highest BCUT2D eigenvalue weighted by atomic mass is 127. The van der Waals surface area contributed by atoms with Crippen LogP contribution in [0.5, 0.6) is 0 Å². The molecule has 4 aliphatic carbocycles. The Hall–Kier alpha value is 0.160. The number of carbonyl (C=O) groups is 1. The number of alkyl halides is 1. The first kappa shape index (κ1) is 18.0. The predicted octanol–water partition coefficient (Wildman–Crippen LogP) is 4.81. The van der Waals surface area contributed by atoms with Crippen molar-refractivity contribution in [3.8, 4) is 0 Å². The third-order valence-electron chi connectivity index (χ3n) is 6.09. The van der Waals surface area contributed by atoms with Crippen LogP contribution < -0.4 is 0 Å². The summed E-state index contributed by atoms with van der Waals surface area (Å²) in [6.45, 7) is 8.07. The van der Waals surface area contributed by atoms with Gasteiger partial charge in [-0.1, -0.05) is 36.4 Å². The lowest BCUT2D eigenvalue weighted by molar-refractivity contribution is -0.240. The van der Waals surface area contributed by atoms with Gasteiger partial charge in [0.2, 0.25) is 6.29 Å². The summed E-state index contributed by atoms with van der Waals surface area (Å²) >= 11 is 2.25. The van der Waals surface area contributed by atoms with Crippen LogP contribution in [0.1, 0.15) is 59.8 Å². The van der Waals surface area contributed by atoms with Crippen LogP contribution >= 0.6 is 22.6 Å². The molecule has 4 aliphatic rings. The van der Waals surface area contributed by atoms with Gasteiger partial charge in [0.25, 0.3) is 0 Å². The molecule has 0 radical (unpaired) electrons. The minimum Gasteiger partial charge on any atom is -0.435 e. The zero-order valence-corrected chi connectivity index (χ0v) is 17.0. The van der Waals surface area contributed by atoms with E-state index in [0.29, 0.717) is 17.9 Å². The van der Waals surface area contributed by atoms with Crippen LogP contribution in [0.2, 0.25) is 0 Å². The molecule has 1 unspecified atom stereocenters. The van der Waals surface area contributed by atoms with Crippen molar-refractivity contribution in [2.75, 3.05) is 4.43 Å². The molecule has 4 fully saturated rings. The van der Waals surface area contributed by atoms with E-state index in [1.165, 1.54) is 32.1 Å². The van der Waals surface area contributed by atoms with Crippen molar-refractivity contribution >= 4 is 28.6 Å². The van der Waals surface area contributed by atoms with E-state index in [2.05, 4.69) is 36.4 Å². The van der Waals surface area contributed by atoms with E-state index in [0.717, 1.165) is 16.3 Å². The second-order valence-corrected chi connectivity index (χ2v) is 9.83. The molecule has 3 nitrogen and oxygen atoms in total. The molecule has 0 aromatic rings. The molecule has 0 amide bonds. The molecule has 0 saturated heterocycles. The van der Waals surface area contributed by atoms with Crippen molar-refractivity contribution in [2.24, 2.45) is 35.0 Å². The maximum atomic E-state index is 12.5. The molecule has 0 aromatic heterocycles. The third-order valence-corrected chi connectivity index (χ3v) is 7.99. The number of halogens is 1. The second kappa shape index (κ2) is 6.81. The van der Waals surface area contributed by atoms with E-state index in [9.17, 15) is 4.79 Å². The molecule has 4 heteroatoms. The van der Waals surface area contributed by atoms with E-state index in [1.807, 2.05) is 13.8 Å². The average molecular weight is 434 g/mol. The average Bonchev–Trinajstić information content (AvgIpc) is 2.48. The van der Waals surface area contributed by atoms with Gasteiger partial charge in [-0.15, -0.1) is 0 Å². The molecular weight excluding hydrogens is 403 g/mol. The Bertz CT molecular complexity index is 418. The van der Waals surface area contributed by atoms with Gasteiger partial charge in [-0.2, -0.15) is 0 Å². The Morgan fingerprint density at radius 1 is 1.09 bits per heavy atom. The fourth-order valence-corrected chi connectivity index (χ4v) is 5.20. The molecule has 1 atom stereocenters. The molecule has 0 spiro atoms. The van der Waals surface area contributed by atoms with Crippen LogP contribution in [-0.4, -0.2) is 22.8 Å². The second-order valence-electron chi connectivity index (χ2n) is 9.07. The minimum absolute atomic E-state index is 0.130. The highest BCUT2D eigenvalue weighted by molar-refractivity contribution is 14.1. The van der Waals surface area contributed by atoms with Crippen LogP contribution in [0.4, 0.5) is 0 Å². The molecule has 0 aliphatic heterocycles. The van der Waals surface area contributed by atoms with Gasteiger partial charge < -0.3 is 9.47 Å². The largest absolute Gasteiger partial charge is 0.435 e. The summed E-state index contributed by atoms with van der Waals surface area (Å²) in [5.41, 5.74) is -0.443. The van der Waals surface area contributed by atoms with Gasteiger partial charge in [-0.25, -0.2) is 0 Å². The summed E-state index contributed by atoms with van der Waals surface area (Å²) in [4.78, 5) is 12.5. The van der Waals surface area contributed by atoms with E-state index in [4.69, 9.17) is 9.47 Å². The third kappa shape index (κ3) is 3.73. The fourth-order valence-electron chi connectivity index (χ4n) is 4.89. The number of rotatable bonds is 6. The molecule has 4 rings (SSSR count). The standard InChI is InChI=1S/C19H31IO3/c1-11(2)17(23-18(21)19(3,4)10-20)22-16-14-6-12-5-13(8-14)9-15(16)7-12/h11-17H,5-10H2,1-4H3. The summed E-state index contributed by atoms with van der Waals surface area (Å²) in [6.07, 6.45) is 6.68. The Morgan fingerprint density at radius 2 is 1.61 bits per heavy atom. The molecule has 4 bridgehead atoms. The number of hydrogen-bond acceptors (Lipinski definition) is 3. The number of ether oxygens (including phenoxy) is 2. The lowest BCUT2D eigenvalue weighted by Gasteiger charge is -2.54. The van der Waals surface area contributed by atoms with Crippen molar-refractivity contribution in [3.05, 3.63) is 0 Å². The minimum atomic E-state index is -0.443. The van der Waals surface area contributed by atoms with Crippen molar-refractivity contribution < 1.29 is 14.3 Å². The summed E-state index contributed by atoms with van der Waals surface area (Å²) in [6, 6.07) is 0. The monoisotopic (exact) mass is 434 g/mol. The molecule has 0 N–H and O–H groups in total.